The van der Waals surface area contributed by atoms with Crippen molar-refractivity contribution in [3.8, 4) is 0 Å². The molecule has 1 amide bonds. The molecule has 1 aliphatic rings. The zero-order chi connectivity index (χ0) is 65.8. The van der Waals surface area contributed by atoms with E-state index >= 15 is 0 Å². The highest BCUT2D eigenvalue weighted by Crippen LogP contribution is 2.24. The van der Waals surface area contributed by atoms with Gasteiger partial charge in [-0.25, -0.2) is 0 Å². The molecule has 1 heterocycles. The lowest BCUT2D eigenvalue weighted by Crippen LogP contribution is -2.60. The number of amides is 1. The predicted molar refractivity (Wildman–Crippen MR) is 384 cm³/mol. The molecule has 7 atom stereocenters. The first kappa shape index (κ1) is 86.9. The highest BCUT2D eigenvalue weighted by atomic mass is 16.7. The van der Waals surface area contributed by atoms with Gasteiger partial charge in [0.05, 0.1) is 32.0 Å². The number of nitrogens with one attached hydrogen (secondary N) is 1. The van der Waals surface area contributed by atoms with E-state index in [1.165, 1.54) is 308 Å². The average molecular weight is 1290 g/mol. The Kier molecular flexibility index (Phi) is 66.1. The first-order chi connectivity index (χ1) is 44.7. The Balaban J connectivity index is 1.84. The summed E-state index contributed by atoms with van der Waals surface area (Å²) in [4.78, 5) is 25.1. The standard InChI is InChI=1S/C80H151NO10/c1-3-5-7-9-11-13-15-16-45-48-52-56-60-64-68-76(85)89-69-65-61-57-53-49-46-43-41-39-37-35-33-31-29-27-25-23-21-19-17-18-20-22-24-26-28-30-32-34-36-38-40-42-44-47-51-55-59-63-67-75(84)81-72(71-90-80-79(88)78(87)77(86)74(70-82)91-80)73(83)66-62-58-54-50-14-12-10-8-6-4-2/h6,8,14,50,62,66,72-74,77-80,82-83,86-88H,3-5,7,9-13,15-49,51-61,63-65,67-71H2,1-2H3,(H,81,84)/b8-6+,50-14+,66-62+. The highest BCUT2D eigenvalue weighted by Gasteiger charge is 2.44. The van der Waals surface area contributed by atoms with Crippen molar-refractivity contribution < 1.29 is 49.3 Å². The van der Waals surface area contributed by atoms with Gasteiger partial charge in [0.2, 0.25) is 5.91 Å². The van der Waals surface area contributed by atoms with Gasteiger partial charge < -0.3 is 45.1 Å². The Hall–Kier alpha value is -2.12. The smallest absolute Gasteiger partial charge is 0.305 e. The van der Waals surface area contributed by atoms with E-state index in [1.807, 2.05) is 6.08 Å². The number of allylic oxidation sites excluding steroid dienone is 5. The normalized spacial score (nSPS) is 17.7. The lowest BCUT2D eigenvalue weighted by atomic mass is 9.99. The summed E-state index contributed by atoms with van der Waals surface area (Å²) >= 11 is 0. The van der Waals surface area contributed by atoms with Crippen molar-refractivity contribution in [1.29, 1.82) is 0 Å². The summed E-state index contributed by atoms with van der Waals surface area (Å²) in [7, 11) is 0. The van der Waals surface area contributed by atoms with Gasteiger partial charge in [-0.05, 0) is 51.4 Å². The third-order valence-corrected chi connectivity index (χ3v) is 19.0. The quantitative estimate of drug-likeness (QED) is 0.0195. The second-order valence-corrected chi connectivity index (χ2v) is 27.7. The molecule has 1 saturated heterocycles. The van der Waals surface area contributed by atoms with Gasteiger partial charge in [-0.2, -0.15) is 0 Å². The van der Waals surface area contributed by atoms with Crippen molar-refractivity contribution in [1.82, 2.24) is 5.32 Å². The predicted octanol–water partition coefficient (Wildman–Crippen LogP) is 21.3. The van der Waals surface area contributed by atoms with E-state index in [4.69, 9.17) is 14.2 Å². The number of carbonyl (C=O) groups excluding carboxylic acids is 2. The molecule has 536 valence electrons. The van der Waals surface area contributed by atoms with Gasteiger partial charge in [0.1, 0.15) is 24.4 Å². The molecular weight excluding hydrogens is 1130 g/mol. The summed E-state index contributed by atoms with van der Waals surface area (Å²) < 4.78 is 16.7. The molecule has 6 N–H and O–H groups in total. The summed E-state index contributed by atoms with van der Waals surface area (Å²) in [6.45, 7) is 4.25. The van der Waals surface area contributed by atoms with Crippen LogP contribution in [0, 0.1) is 0 Å². The van der Waals surface area contributed by atoms with Crippen molar-refractivity contribution in [3.63, 3.8) is 0 Å². The van der Waals surface area contributed by atoms with Crippen molar-refractivity contribution >= 4 is 11.9 Å². The van der Waals surface area contributed by atoms with Crippen LogP contribution in [0.25, 0.3) is 0 Å². The van der Waals surface area contributed by atoms with Crippen LogP contribution in [-0.2, 0) is 23.8 Å². The minimum absolute atomic E-state index is 0.0210. The maximum atomic E-state index is 13.0. The molecule has 0 aromatic rings. The topological polar surface area (TPSA) is 175 Å². The van der Waals surface area contributed by atoms with E-state index in [9.17, 15) is 35.1 Å². The Morgan fingerprint density at radius 2 is 0.725 bits per heavy atom. The minimum atomic E-state index is -1.58. The third-order valence-electron chi connectivity index (χ3n) is 19.0. The Morgan fingerprint density at radius 3 is 1.08 bits per heavy atom. The monoisotopic (exact) mass is 1290 g/mol. The molecule has 0 bridgehead atoms. The molecule has 11 nitrogen and oxygen atoms in total. The number of carbonyl (C=O) groups is 2. The van der Waals surface area contributed by atoms with E-state index in [0.29, 0.717) is 19.4 Å². The molecule has 1 aliphatic heterocycles. The van der Waals surface area contributed by atoms with E-state index in [0.717, 1.165) is 64.2 Å². The average Bonchev–Trinajstić information content (AvgIpc) is 2.82. The van der Waals surface area contributed by atoms with Crippen LogP contribution in [0.15, 0.2) is 36.5 Å². The largest absolute Gasteiger partial charge is 0.466 e. The number of esters is 1. The highest BCUT2D eigenvalue weighted by molar-refractivity contribution is 5.76. The van der Waals surface area contributed by atoms with Crippen LogP contribution in [0.5, 0.6) is 0 Å². The first-order valence-electron chi connectivity index (χ1n) is 39.8. The van der Waals surface area contributed by atoms with E-state index in [1.54, 1.807) is 6.08 Å². The van der Waals surface area contributed by atoms with Crippen molar-refractivity contribution in [2.45, 2.75) is 442 Å². The van der Waals surface area contributed by atoms with Crippen LogP contribution < -0.4 is 5.32 Å². The summed E-state index contributed by atoms with van der Waals surface area (Å²) in [6.07, 6.45) is 80.7. The Bertz CT molecular complexity index is 1610. The Morgan fingerprint density at radius 1 is 0.407 bits per heavy atom. The zero-order valence-corrected chi connectivity index (χ0v) is 59.8. The number of aliphatic hydroxyl groups excluding tert-OH is 5. The summed E-state index contributed by atoms with van der Waals surface area (Å²) in [5, 5.41) is 54.3. The molecular formula is C80H151NO10. The first-order valence-corrected chi connectivity index (χ1v) is 39.8. The molecule has 0 aromatic heterocycles. The number of hydrogen-bond acceptors (Lipinski definition) is 10. The van der Waals surface area contributed by atoms with E-state index < -0.39 is 49.5 Å². The minimum Gasteiger partial charge on any atom is -0.466 e. The second kappa shape index (κ2) is 69.2. The molecule has 1 rings (SSSR count). The number of ether oxygens (including phenoxy) is 3. The van der Waals surface area contributed by atoms with Crippen LogP contribution in [-0.4, -0.2) is 100 Å². The third kappa shape index (κ3) is 57.8. The second-order valence-electron chi connectivity index (χ2n) is 27.7. The van der Waals surface area contributed by atoms with Crippen molar-refractivity contribution in [2.24, 2.45) is 0 Å². The van der Waals surface area contributed by atoms with Crippen LogP contribution in [0.3, 0.4) is 0 Å². The number of aliphatic hydroxyl groups is 5. The molecule has 0 aromatic carbocycles. The molecule has 0 radical (unpaired) electrons. The van der Waals surface area contributed by atoms with Crippen molar-refractivity contribution in [2.75, 3.05) is 19.8 Å². The molecule has 0 saturated carbocycles. The van der Waals surface area contributed by atoms with Crippen LogP contribution >= 0.6 is 0 Å². The van der Waals surface area contributed by atoms with E-state index in [-0.39, 0.29) is 18.5 Å². The maximum Gasteiger partial charge on any atom is 0.305 e. The molecule has 0 aliphatic carbocycles. The summed E-state index contributed by atoms with van der Waals surface area (Å²) in [6, 6.07) is -0.829. The van der Waals surface area contributed by atoms with Crippen molar-refractivity contribution in [3.05, 3.63) is 36.5 Å². The van der Waals surface area contributed by atoms with Gasteiger partial charge in [-0.1, -0.05) is 371 Å². The SMILES string of the molecule is CC/C=C/CC/C=C/CC/C=C/C(O)C(COC1OC(CO)C(O)C(O)C1O)NC(=O)CCCCCCCCCCCCCCCCCCCCCCCCCCCCCCCCCCCCCCCCCOC(=O)CCCCCCCCCCCCCCCC. The lowest BCUT2D eigenvalue weighted by molar-refractivity contribution is -0.302. The summed E-state index contributed by atoms with van der Waals surface area (Å²) in [5.41, 5.74) is 0. The Labute approximate surface area is 562 Å². The van der Waals surface area contributed by atoms with Crippen LogP contribution in [0.2, 0.25) is 0 Å². The van der Waals surface area contributed by atoms with Crippen LogP contribution in [0.1, 0.15) is 399 Å². The van der Waals surface area contributed by atoms with E-state index in [2.05, 4.69) is 43.5 Å². The molecule has 0 spiro atoms. The number of hydrogen-bond donors (Lipinski definition) is 6. The van der Waals surface area contributed by atoms with Gasteiger partial charge in [0, 0.05) is 12.8 Å². The maximum absolute atomic E-state index is 13.0. The molecule has 91 heavy (non-hydrogen) atoms. The fourth-order valence-corrected chi connectivity index (χ4v) is 12.8. The molecule has 1 fully saturated rings. The number of rotatable bonds is 71. The number of unbranched alkanes of at least 4 members (excludes halogenated alkanes) is 53. The fraction of sp³-hybridized carbons (Fsp3) is 0.900. The van der Waals surface area contributed by atoms with Gasteiger partial charge in [0.15, 0.2) is 6.29 Å². The summed E-state index contributed by atoms with van der Waals surface area (Å²) in [5.74, 6) is -0.170. The van der Waals surface area contributed by atoms with Gasteiger partial charge >= 0.3 is 5.97 Å². The molecule has 11 heteroatoms. The molecule has 7 unspecified atom stereocenters. The lowest BCUT2D eigenvalue weighted by Gasteiger charge is -2.40. The van der Waals surface area contributed by atoms with Gasteiger partial charge in [-0.15, -0.1) is 0 Å². The fourth-order valence-electron chi connectivity index (χ4n) is 12.8. The van der Waals surface area contributed by atoms with Gasteiger partial charge in [0.25, 0.3) is 0 Å². The zero-order valence-electron chi connectivity index (χ0n) is 59.8. The van der Waals surface area contributed by atoms with Gasteiger partial charge in [-0.3, -0.25) is 9.59 Å². The van der Waals surface area contributed by atoms with Crippen LogP contribution in [0.4, 0.5) is 0 Å².